The van der Waals surface area contributed by atoms with Crippen molar-refractivity contribution in [1.29, 1.82) is 0 Å². The van der Waals surface area contributed by atoms with Gasteiger partial charge in [0.2, 0.25) is 0 Å². The Morgan fingerprint density at radius 1 is 1.24 bits per heavy atom. The van der Waals surface area contributed by atoms with Crippen molar-refractivity contribution in [3.05, 3.63) is 29.8 Å². The van der Waals surface area contributed by atoms with E-state index in [9.17, 15) is 14.4 Å². The van der Waals surface area contributed by atoms with E-state index in [-0.39, 0.29) is 12.5 Å². The van der Waals surface area contributed by atoms with Crippen LogP contribution >= 0.6 is 0 Å². The molecule has 1 saturated heterocycles. The number of hydrogen-bond donors (Lipinski definition) is 1. The summed E-state index contributed by atoms with van der Waals surface area (Å²) in [4.78, 5) is 37.7. The average molecular weight is 350 g/mol. The van der Waals surface area contributed by atoms with Gasteiger partial charge in [0.1, 0.15) is 12.3 Å². The highest BCUT2D eigenvalue weighted by Crippen LogP contribution is 2.16. The zero-order valence-corrected chi connectivity index (χ0v) is 14.3. The number of para-hydroxylation sites is 1. The Morgan fingerprint density at radius 2 is 1.92 bits per heavy atom. The van der Waals surface area contributed by atoms with Crippen LogP contribution in [-0.4, -0.2) is 68.7 Å². The van der Waals surface area contributed by atoms with Crippen molar-refractivity contribution in [3.8, 4) is 5.75 Å². The molecule has 25 heavy (non-hydrogen) atoms. The molecule has 0 spiro atoms. The minimum absolute atomic E-state index is 0.271. The molecule has 8 nitrogen and oxygen atoms in total. The third-order valence-corrected chi connectivity index (χ3v) is 3.72. The SMILES string of the molecule is COc1ccccc1C(=O)NCC(=O)O[C@H](C)C(=O)N1CCOCC1. The van der Waals surface area contributed by atoms with Crippen LogP contribution < -0.4 is 10.1 Å². The molecule has 1 atom stereocenters. The predicted molar refractivity (Wildman–Crippen MR) is 88.3 cm³/mol. The first-order valence-corrected chi connectivity index (χ1v) is 8.00. The van der Waals surface area contributed by atoms with E-state index in [1.165, 1.54) is 14.0 Å². The van der Waals surface area contributed by atoms with E-state index in [2.05, 4.69) is 5.32 Å². The van der Waals surface area contributed by atoms with Gasteiger partial charge in [0.05, 0.1) is 25.9 Å². The Kier molecular flexibility index (Phi) is 6.76. The van der Waals surface area contributed by atoms with E-state index < -0.39 is 18.0 Å². The number of rotatable bonds is 6. The molecule has 1 N–H and O–H groups in total. The smallest absolute Gasteiger partial charge is 0.326 e. The highest BCUT2D eigenvalue weighted by molar-refractivity contribution is 5.98. The van der Waals surface area contributed by atoms with Gasteiger partial charge in [0.15, 0.2) is 6.10 Å². The van der Waals surface area contributed by atoms with Gasteiger partial charge >= 0.3 is 5.97 Å². The van der Waals surface area contributed by atoms with Gasteiger partial charge in [-0.1, -0.05) is 12.1 Å². The van der Waals surface area contributed by atoms with E-state index in [0.717, 1.165) is 0 Å². The van der Waals surface area contributed by atoms with Gasteiger partial charge in [-0.15, -0.1) is 0 Å². The molecule has 0 aliphatic carbocycles. The lowest BCUT2D eigenvalue weighted by Crippen LogP contribution is -2.46. The quantitative estimate of drug-likeness (QED) is 0.738. The van der Waals surface area contributed by atoms with Crippen LogP contribution in [0.15, 0.2) is 24.3 Å². The van der Waals surface area contributed by atoms with Crippen molar-refractivity contribution in [2.75, 3.05) is 40.0 Å². The second-order valence-electron chi connectivity index (χ2n) is 5.45. The van der Waals surface area contributed by atoms with Crippen LogP contribution in [0.1, 0.15) is 17.3 Å². The van der Waals surface area contributed by atoms with Crippen LogP contribution in [0.4, 0.5) is 0 Å². The third kappa shape index (κ3) is 5.18. The summed E-state index contributed by atoms with van der Waals surface area (Å²) >= 11 is 0. The average Bonchev–Trinajstić information content (AvgIpc) is 2.66. The zero-order chi connectivity index (χ0) is 18.2. The standard InChI is InChI=1S/C17H22N2O6/c1-12(17(22)19-7-9-24-10-8-19)25-15(20)11-18-16(21)13-5-3-4-6-14(13)23-2/h3-6,12H,7-11H2,1-2H3,(H,18,21)/t12-/m1/s1. The van der Waals surface area contributed by atoms with Gasteiger partial charge in [0.25, 0.3) is 11.8 Å². The Balaban J connectivity index is 1.81. The number of carbonyl (C=O) groups excluding carboxylic acids is 3. The van der Waals surface area contributed by atoms with Crippen LogP contribution in [0.5, 0.6) is 5.75 Å². The molecule has 2 amide bonds. The van der Waals surface area contributed by atoms with Crippen molar-refractivity contribution < 1.29 is 28.6 Å². The van der Waals surface area contributed by atoms with E-state index in [4.69, 9.17) is 14.2 Å². The minimum Gasteiger partial charge on any atom is -0.496 e. The number of morpholine rings is 1. The van der Waals surface area contributed by atoms with Crippen LogP contribution in [0.3, 0.4) is 0 Å². The summed E-state index contributed by atoms with van der Waals surface area (Å²) in [6, 6.07) is 6.67. The maximum absolute atomic E-state index is 12.2. The summed E-state index contributed by atoms with van der Waals surface area (Å²) in [5.74, 6) is -1.00. The number of nitrogens with zero attached hydrogens (tertiary/aromatic N) is 1. The Hall–Kier alpha value is -2.61. The lowest BCUT2D eigenvalue weighted by atomic mass is 10.2. The maximum Gasteiger partial charge on any atom is 0.326 e. The highest BCUT2D eigenvalue weighted by Gasteiger charge is 2.25. The highest BCUT2D eigenvalue weighted by atomic mass is 16.5. The minimum atomic E-state index is -0.909. The first-order chi connectivity index (χ1) is 12.0. The van der Waals surface area contributed by atoms with Crippen molar-refractivity contribution >= 4 is 17.8 Å². The van der Waals surface area contributed by atoms with E-state index in [0.29, 0.717) is 37.6 Å². The molecule has 2 rings (SSSR count). The molecule has 136 valence electrons. The monoisotopic (exact) mass is 350 g/mol. The van der Waals surface area contributed by atoms with Crippen LogP contribution in [0, 0.1) is 0 Å². The fraction of sp³-hybridized carbons (Fsp3) is 0.471. The molecule has 1 aliphatic heterocycles. The molecule has 0 unspecified atom stereocenters. The third-order valence-electron chi connectivity index (χ3n) is 3.72. The number of benzene rings is 1. The second-order valence-corrected chi connectivity index (χ2v) is 5.45. The molecule has 0 aromatic heterocycles. The molecule has 1 fully saturated rings. The van der Waals surface area contributed by atoms with E-state index in [1.807, 2.05) is 0 Å². The Morgan fingerprint density at radius 3 is 2.60 bits per heavy atom. The lowest BCUT2D eigenvalue weighted by Gasteiger charge is -2.28. The van der Waals surface area contributed by atoms with E-state index >= 15 is 0 Å². The Labute approximate surface area is 146 Å². The number of esters is 1. The summed E-state index contributed by atoms with van der Waals surface area (Å²) < 4.78 is 15.4. The molecule has 0 radical (unpaired) electrons. The van der Waals surface area contributed by atoms with Crippen molar-refractivity contribution in [2.24, 2.45) is 0 Å². The predicted octanol–water partition coefficient (Wildman–Crippen LogP) is 0.216. The number of amides is 2. The van der Waals surface area contributed by atoms with Crippen molar-refractivity contribution in [2.45, 2.75) is 13.0 Å². The zero-order valence-electron chi connectivity index (χ0n) is 14.3. The first kappa shape index (κ1) is 18.7. The number of hydrogen-bond acceptors (Lipinski definition) is 6. The molecule has 1 heterocycles. The van der Waals surface area contributed by atoms with Crippen molar-refractivity contribution in [3.63, 3.8) is 0 Å². The van der Waals surface area contributed by atoms with Gasteiger partial charge in [0, 0.05) is 13.1 Å². The van der Waals surface area contributed by atoms with Gasteiger partial charge in [-0.3, -0.25) is 14.4 Å². The summed E-state index contributed by atoms with van der Waals surface area (Å²) in [6.07, 6.45) is -0.909. The van der Waals surface area contributed by atoms with Crippen LogP contribution in [-0.2, 0) is 19.1 Å². The summed E-state index contributed by atoms with van der Waals surface area (Å²) in [5.41, 5.74) is 0.315. The fourth-order valence-electron chi connectivity index (χ4n) is 2.41. The van der Waals surface area contributed by atoms with Gasteiger partial charge < -0.3 is 24.4 Å². The first-order valence-electron chi connectivity index (χ1n) is 8.00. The van der Waals surface area contributed by atoms with Crippen LogP contribution in [0.25, 0.3) is 0 Å². The largest absolute Gasteiger partial charge is 0.496 e. The van der Waals surface area contributed by atoms with Crippen LogP contribution in [0.2, 0.25) is 0 Å². The molecule has 0 bridgehead atoms. The molecule has 1 aromatic rings. The second kappa shape index (κ2) is 9.03. The van der Waals surface area contributed by atoms with Gasteiger partial charge in [-0.05, 0) is 19.1 Å². The number of ether oxygens (including phenoxy) is 3. The number of carbonyl (C=O) groups is 3. The van der Waals surface area contributed by atoms with Crippen molar-refractivity contribution in [1.82, 2.24) is 10.2 Å². The van der Waals surface area contributed by atoms with Gasteiger partial charge in [-0.25, -0.2) is 0 Å². The summed E-state index contributed by atoms with van der Waals surface area (Å²) in [6.45, 7) is 3.08. The normalized spacial score (nSPS) is 15.2. The maximum atomic E-state index is 12.2. The molecule has 1 aliphatic rings. The number of methoxy groups -OCH3 is 1. The molecule has 0 saturated carbocycles. The summed E-state index contributed by atoms with van der Waals surface area (Å²) in [7, 11) is 1.46. The molecule has 8 heteroatoms. The van der Waals surface area contributed by atoms with E-state index in [1.54, 1.807) is 29.2 Å². The molecular weight excluding hydrogens is 328 g/mol. The van der Waals surface area contributed by atoms with Gasteiger partial charge in [-0.2, -0.15) is 0 Å². The summed E-state index contributed by atoms with van der Waals surface area (Å²) in [5, 5.41) is 2.46. The molecule has 1 aromatic carbocycles. The number of nitrogens with one attached hydrogen (secondary N) is 1. The topological polar surface area (TPSA) is 94.2 Å². The molecular formula is C17H22N2O6. The Bertz CT molecular complexity index is 627. The lowest BCUT2D eigenvalue weighted by molar-refractivity contribution is -0.160. The fourth-order valence-corrected chi connectivity index (χ4v) is 2.41.